The van der Waals surface area contributed by atoms with Crippen LogP contribution in [0, 0.1) is 5.41 Å². The van der Waals surface area contributed by atoms with E-state index < -0.39 is 15.3 Å². The highest BCUT2D eigenvalue weighted by atomic mass is 32.2. The van der Waals surface area contributed by atoms with E-state index in [1.807, 2.05) is 6.92 Å². The van der Waals surface area contributed by atoms with Gasteiger partial charge in [0, 0.05) is 0 Å². The van der Waals surface area contributed by atoms with Gasteiger partial charge in [-0.25, -0.2) is 8.42 Å². The Balaban J connectivity index is 2.73. The van der Waals surface area contributed by atoms with Crippen LogP contribution in [0.1, 0.15) is 39.0 Å². The molecule has 4 nitrogen and oxygen atoms in total. The maximum atomic E-state index is 11.4. The van der Waals surface area contributed by atoms with Gasteiger partial charge in [0.05, 0.1) is 16.9 Å². The first-order valence-electron chi connectivity index (χ1n) is 5.42. The second-order valence-electron chi connectivity index (χ2n) is 4.40. The molecule has 88 valence electrons. The quantitative estimate of drug-likeness (QED) is 0.782. The minimum Gasteiger partial charge on any atom is -0.369 e. The number of nitrogens with two attached hydrogens (primary N) is 1. The van der Waals surface area contributed by atoms with Crippen molar-refractivity contribution >= 4 is 15.7 Å². The Morgan fingerprint density at radius 3 is 2.27 bits per heavy atom. The van der Waals surface area contributed by atoms with Crippen molar-refractivity contribution in [2.75, 3.05) is 11.5 Å². The van der Waals surface area contributed by atoms with Crippen molar-refractivity contribution in [3.05, 3.63) is 0 Å². The molecular weight excluding hydrogens is 214 g/mol. The van der Waals surface area contributed by atoms with Gasteiger partial charge >= 0.3 is 0 Å². The van der Waals surface area contributed by atoms with Gasteiger partial charge in [-0.05, 0) is 19.3 Å². The number of rotatable bonds is 4. The molecule has 1 aliphatic rings. The van der Waals surface area contributed by atoms with E-state index in [0.29, 0.717) is 12.8 Å². The van der Waals surface area contributed by atoms with Crippen molar-refractivity contribution in [1.29, 1.82) is 0 Å². The molecule has 1 fully saturated rings. The van der Waals surface area contributed by atoms with Crippen LogP contribution in [-0.4, -0.2) is 25.8 Å². The smallest absolute Gasteiger partial charge is 0.223 e. The topological polar surface area (TPSA) is 77.2 Å². The maximum absolute atomic E-state index is 11.4. The number of amides is 1. The zero-order valence-corrected chi connectivity index (χ0v) is 9.98. The molecular formula is C10H19NO3S. The number of unbranched alkanes of at least 4 members (excludes halogenated alkanes) is 1. The summed E-state index contributed by atoms with van der Waals surface area (Å²) >= 11 is 0. The summed E-state index contributed by atoms with van der Waals surface area (Å²) in [6.07, 6.45) is 3.48. The van der Waals surface area contributed by atoms with Crippen LogP contribution < -0.4 is 5.73 Å². The first-order chi connectivity index (χ1) is 6.92. The maximum Gasteiger partial charge on any atom is 0.223 e. The van der Waals surface area contributed by atoms with Crippen LogP contribution in [0.25, 0.3) is 0 Å². The van der Waals surface area contributed by atoms with Crippen LogP contribution in [0.4, 0.5) is 0 Å². The van der Waals surface area contributed by atoms with E-state index >= 15 is 0 Å². The molecule has 1 amide bonds. The van der Waals surface area contributed by atoms with Crippen molar-refractivity contribution in [3.63, 3.8) is 0 Å². The SMILES string of the molecule is CCCCC1(C(N)=O)CCS(=O)(=O)CC1. The Morgan fingerprint density at radius 2 is 1.87 bits per heavy atom. The van der Waals surface area contributed by atoms with Gasteiger partial charge in [0.1, 0.15) is 9.84 Å². The van der Waals surface area contributed by atoms with Crippen LogP contribution in [0.5, 0.6) is 0 Å². The summed E-state index contributed by atoms with van der Waals surface area (Å²) in [5.41, 5.74) is 4.84. The predicted octanol–water partition coefficient (Wildman–Crippen LogP) is 0.857. The summed E-state index contributed by atoms with van der Waals surface area (Å²) in [6.45, 7) is 2.05. The zero-order valence-electron chi connectivity index (χ0n) is 9.16. The molecule has 1 rings (SSSR count). The average Bonchev–Trinajstić information content (AvgIpc) is 2.16. The Kier molecular flexibility index (Phi) is 3.76. The number of sulfone groups is 1. The number of primary amides is 1. The van der Waals surface area contributed by atoms with Crippen molar-refractivity contribution in [2.24, 2.45) is 11.1 Å². The molecule has 0 saturated carbocycles. The molecule has 0 aliphatic carbocycles. The Hall–Kier alpha value is -0.580. The van der Waals surface area contributed by atoms with Crippen LogP contribution in [-0.2, 0) is 14.6 Å². The predicted molar refractivity (Wildman–Crippen MR) is 59.0 cm³/mol. The van der Waals surface area contributed by atoms with Crippen molar-refractivity contribution in [2.45, 2.75) is 39.0 Å². The fraction of sp³-hybridized carbons (Fsp3) is 0.900. The summed E-state index contributed by atoms with van der Waals surface area (Å²) in [7, 11) is -2.92. The molecule has 0 spiro atoms. The fourth-order valence-corrected chi connectivity index (χ4v) is 3.67. The highest BCUT2D eigenvalue weighted by Gasteiger charge is 2.41. The third-order valence-electron chi connectivity index (χ3n) is 3.31. The van der Waals surface area contributed by atoms with Gasteiger partial charge in [0.15, 0.2) is 0 Å². The molecule has 0 aromatic heterocycles. The molecule has 0 bridgehead atoms. The van der Waals surface area contributed by atoms with Crippen LogP contribution in [0.3, 0.4) is 0 Å². The van der Waals surface area contributed by atoms with Gasteiger partial charge in [0.25, 0.3) is 0 Å². The van der Waals surface area contributed by atoms with Gasteiger partial charge in [-0.3, -0.25) is 4.79 Å². The molecule has 0 aromatic rings. The number of hydrogen-bond donors (Lipinski definition) is 1. The van der Waals surface area contributed by atoms with E-state index in [9.17, 15) is 13.2 Å². The summed E-state index contributed by atoms with van der Waals surface area (Å²) in [5.74, 6) is -0.106. The highest BCUT2D eigenvalue weighted by molar-refractivity contribution is 7.91. The Bertz CT molecular complexity index is 321. The molecule has 1 saturated heterocycles. The molecule has 0 unspecified atom stereocenters. The van der Waals surface area contributed by atoms with E-state index in [1.165, 1.54) is 0 Å². The summed E-state index contributed by atoms with van der Waals surface area (Å²) in [5, 5.41) is 0. The third-order valence-corrected chi connectivity index (χ3v) is 4.97. The summed E-state index contributed by atoms with van der Waals surface area (Å²) in [6, 6.07) is 0. The molecule has 1 heterocycles. The highest BCUT2D eigenvalue weighted by Crippen LogP contribution is 2.37. The van der Waals surface area contributed by atoms with E-state index in [-0.39, 0.29) is 17.4 Å². The van der Waals surface area contributed by atoms with Crippen molar-refractivity contribution in [1.82, 2.24) is 0 Å². The largest absolute Gasteiger partial charge is 0.369 e. The molecule has 0 radical (unpaired) electrons. The van der Waals surface area contributed by atoms with Gasteiger partial charge < -0.3 is 5.73 Å². The Labute approximate surface area is 91.1 Å². The summed E-state index contributed by atoms with van der Waals surface area (Å²) < 4.78 is 22.6. The first kappa shape index (κ1) is 12.5. The molecule has 1 aliphatic heterocycles. The van der Waals surface area contributed by atoms with Crippen LogP contribution >= 0.6 is 0 Å². The van der Waals surface area contributed by atoms with Gasteiger partial charge in [0.2, 0.25) is 5.91 Å². The fourth-order valence-electron chi connectivity index (χ4n) is 2.06. The van der Waals surface area contributed by atoms with Gasteiger partial charge in [-0.15, -0.1) is 0 Å². The molecule has 15 heavy (non-hydrogen) atoms. The number of carbonyl (C=O) groups excluding carboxylic acids is 1. The Morgan fingerprint density at radius 1 is 1.33 bits per heavy atom. The molecule has 0 atom stereocenters. The number of carbonyl (C=O) groups is 1. The van der Waals surface area contributed by atoms with E-state index in [1.54, 1.807) is 0 Å². The van der Waals surface area contributed by atoms with Crippen molar-refractivity contribution < 1.29 is 13.2 Å². The monoisotopic (exact) mass is 233 g/mol. The van der Waals surface area contributed by atoms with Crippen LogP contribution in [0.15, 0.2) is 0 Å². The zero-order chi connectivity index (χ0) is 11.5. The lowest BCUT2D eigenvalue weighted by molar-refractivity contribution is -0.128. The first-order valence-corrected chi connectivity index (χ1v) is 7.24. The minimum absolute atomic E-state index is 0.111. The van der Waals surface area contributed by atoms with E-state index in [4.69, 9.17) is 5.73 Å². The minimum atomic E-state index is -2.92. The second kappa shape index (κ2) is 4.51. The normalized spacial score (nSPS) is 23.5. The number of hydrogen-bond acceptors (Lipinski definition) is 3. The van der Waals surface area contributed by atoms with E-state index in [2.05, 4.69) is 0 Å². The molecule has 2 N–H and O–H groups in total. The van der Waals surface area contributed by atoms with Gasteiger partial charge in [-0.2, -0.15) is 0 Å². The van der Waals surface area contributed by atoms with Gasteiger partial charge in [-0.1, -0.05) is 19.8 Å². The van der Waals surface area contributed by atoms with E-state index in [0.717, 1.165) is 19.3 Å². The lowest BCUT2D eigenvalue weighted by Crippen LogP contribution is -2.43. The average molecular weight is 233 g/mol. The summed E-state index contributed by atoms with van der Waals surface area (Å²) in [4.78, 5) is 11.4. The second-order valence-corrected chi connectivity index (χ2v) is 6.70. The molecule has 0 aromatic carbocycles. The van der Waals surface area contributed by atoms with Crippen molar-refractivity contribution in [3.8, 4) is 0 Å². The standard InChI is InChI=1S/C10H19NO3S/c1-2-3-4-10(9(11)12)5-7-15(13,14)8-6-10/h2-8H2,1H3,(H2,11,12). The molecule has 5 heteroatoms. The third kappa shape index (κ3) is 2.93. The lowest BCUT2D eigenvalue weighted by Gasteiger charge is -2.34. The van der Waals surface area contributed by atoms with Crippen LogP contribution in [0.2, 0.25) is 0 Å². The lowest BCUT2D eigenvalue weighted by atomic mass is 9.77.